The largest absolute Gasteiger partial charge is 0.468 e. The number of aryl methyl sites for hydroxylation is 1. The van der Waals surface area contributed by atoms with Crippen molar-refractivity contribution in [3.8, 4) is 17.0 Å². The lowest BCUT2D eigenvalue weighted by Crippen LogP contribution is -2.45. The van der Waals surface area contributed by atoms with Gasteiger partial charge < -0.3 is 19.1 Å². The van der Waals surface area contributed by atoms with Gasteiger partial charge in [-0.25, -0.2) is 13.8 Å². The minimum absolute atomic E-state index is 0.0559. The summed E-state index contributed by atoms with van der Waals surface area (Å²) in [6, 6.07) is 6.70. The highest BCUT2D eigenvalue weighted by Crippen LogP contribution is 2.47. The van der Waals surface area contributed by atoms with E-state index in [4.69, 9.17) is 25.4 Å². The van der Waals surface area contributed by atoms with Crippen LogP contribution in [0.3, 0.4) is 0 Å². The number of aromatic nitrogens is 2. The molecule has 3 N–H and O–H groups in total. The number of aromatic amines is 1. The number of aliphatic hydroxyl groups is 1. The van der Waals surface area contributed by atoms with Gasteiger partial charge in [-0.15, -0.1) is 0 Å². The van der Waals surface area contributed by atoms with Crippen molar-refractivity contribution >= 4 is 25.3 Å². The van der Waals surface area contributed by atoms with Crippen LogP contribution in [-0.2, 0) is 23.4 Å². The number of carbonyl (C=O) groups excluding carboxylic acids is 1. The molecule has 1 aromatic heterocycles. The quantitative estimate of drug-likeness (QED) is 0.233. The Hall–Kier alpha value is -2.98. The fourth-order valence-corrected chi connectivity index (χ4v) is 5.12. The Kier molecular flexibility index (Phi) is 8.96. The number of aliphatic hydroxyl groups excluding tert-OH is 1. The average Bonchev–Trinajstić information content (AvgIpc) is 3.10. The number of benzene rings is 1. The predicted octanol–water partition coefficient (Wildman–Crippen LogP) is 1.37. The molecule has 0 spiro atoms. The molecule has 37 heavy (non-hydrogen) atoms. The van der Waals surface area contributed by atoms with Crippen molar-refractivity contribution in [3.05, 3.63) is 62.9 Å². The van der Waals surface area contributed by atoms with E-state index in [0.717, 1.165) is 13.3 Å². The Balaban J connectivity index is 1.90. The first kappa shape index (κ1) is 28.6. The van der Waals surface area contributed by atoms with Gasteiger partial charge in [0.1, 0.15) is 24.0 Å². The Morgan fingerprint density at radius 2 is 2.08 bits per heavy atom. The van der Waals surface area contributed by atoms with Gasteiger partial charge in [0.25, 0.3) is 5.56 Å². The van der Waals surface area contributed by atoms with Gasteiger partial charge in [-0.05, 0) is 43.5 Å². The van der Waals surface area contributed by atoms with Crippen molar-refractivity contribution < 1.29 is 37.4 Å². The van der Waals surface area contributed by atoms with Gasteiger partial charge in [-0.1, -0.05) is 18.2 Å². The summed E-state index contributed by atoms with van der Waals surface area (Å²) >= 11 is 5.41. The predicted molar refractivity (Wildman–Crippen MR) is 129 cm³/mol. The SMILES string of the molecule is COC(=O)[C@H](C)NP(=O)(OC[C@H]1O[C@@H](n2cc(C)c(=O)[nH]c2=O)[C@@](F)(C#CCl)[C@@H]1O)Oc1ccccc1. The van der Waals surface area contributed by atoms with Gasteiger partial charge in [0, 0.05) is 17.1 Å². The van der Waals surface area contributed by atoms with E-state index < -0.39 is 61.7 Å². The van der Waals surface area contributed by atoms with Crippen molar-refractivity contribution in [2.75, 3.05) is 13.7 Å². The zero-order valence-corrected chi connectivity index (χ0v) is 21.5. The van der Waals surface area contributed by atoms with Crippen LogP contribution < -0.4 is 20.9 Å². The van der Waals surface area contributed by atoms with Crippen LogP contribution in [0.15, 0.2) is 46.1 Å². The number of nitrogens with zero attached hydrogens (tertiary/aromatic N) is 1. The van der Waals surface area contributed by atoms with Gasteiger partial charge in [0.05, 0.1) is 13.7 Å². The summed E-state index contributed by atoms with van der Waals surface area (Å²) in [6.07, 6.45) is -4.42. The van der Waals surface area contributed by atoms with Crippen LogP contribution >= 0.6 is 19.3 Å². The number of hydrogen-bond acceptors (Lipinski definition) is 9. The van der Waals surface area contributed by atoms with E-state index in [1.165, 1.54) is 26.0 Å². The fourth-order valence-electron chi connectivity index (χ4n) is 3.47. The van der Waals surface area contributed by atoms with Crippen LogP contribution in [0.1, 0.15) is 18.7 Å². The maximum Gasteiger partial charge on any atom is 0.459 e. The van der Waals surface area contributed by atoms with Crippen molar-refractivity contribution in [1.29, 1.82) is 0 Å². The highest BCUT2D eigenvalue weighted by Gasteiger charge is 2.58. The van der Waals surface area contributed by atoms with E-state index in [2.05, 4.69) is 9.82 Å². The number of alkyl halides is 1. The monoisotopic (exact) mass is 559 g/mol. The van der Waals surface area contributed by atoms with Crippen molar-refractivity contribution in [2.45, 2.75) is 44.0 Å². The molecule has 6 atom stereocenters. The highest BCUT2D eigenvalue weighted by atomic mass is 35.5. The molecule has 1 fully saturated rings. The normalized spacial score (nSPS) is 25.4. The topological polar surface area (TPSA) is 158 Å². The molecule has 0 amide bonds. The van der Waals surface area contributed by atoms with Crippen LogP contribution in [0.4, 0.5) is 4.39 Å². The second-order valence-electron chi connectivity index (χ2n) is 8.01. The lowest BCUT2D eigenvalue weighted by Gasteiger charge is -2.24. The number of halogens is 2. The minimum atomic E-state index is -4.36. The number of para-hydroxylation sites is 1. The Labute approximate surface area is 215 Å². The van der Waals surface area contributed by atoms with Crippen LogP contribution in [-0.4, -0.2) is 58.3 Å². The number of esters is 1. The third kappa shape index (κ3) is 6.30. The summed E-state index contributed by atoms with van der Waals surface area (Å²) in [5.74, 6) is 1.33. The van der Waals surface area contributed by atoms with Crippen molar-refractivity contribution in [3.63, 3.8) is 0 Å². The number of carbonyl (C=O) groups is 1. The van der Waals surface area contributed by atoms with Crippen molar-refractivity contribution in [1.82, 2.24) is 14.6 Å². The Morgan fingerprint density at radius 1 is 1.41 bits per heavy atom. The van der Waals surface area contributed by atoms with Gasteiger partial charge >= 0.3 is 19.4 Å². The lowest BCUT2D eigenvalue weighted by atomic mass is 9.97. The number of rotatable bonds is 9. The van der Waals surface area contributed by atoms with E-state index >= 15 is 4.39 Å². The number of methoxy groups -OCH3 is 1. The summed E-state index contributed by atoms with van der Waals surface area (Å²) in [4.78, 5) is 38.0. The van der Waals surface area contributed by atoms with E-state index in [0.29, 0.717) is 4.57 Å². The maximum absolute atomic E-state index is 15.9. The van der Waals surface area contributed by atoms with Gasteiger partial charge in [-0.2, -0.15) is 5.09 Å². The zero-order chi connectivity index (χ0) is 27.4. The molecule has 0 radical (unpaired) electrons. The molecular formula is C22H24ClFN3O9P. The molecule has 15 heteroatoms. The highest BCUT2D eigenvalue weighted by molar-refractivity contribution is 7.52. The number of hydrogen-bond donors (Lipinski definition) is 3. The summed E-state index contributed by atoms with van der Waals surface area (Å²) in [5, 5.41) is 15.0. The Bertz CT molecular complexity index is 1360. The average molecular weight is 560 g/mol. The molecule has 12 nitrogen and oxygen atoms in total. The second-order valence-corrected chi connectivity index (χ2v) is 9.89. The fraction of sp³-hybridized carbons (Fsp3) is 0.409. The molecule has 1 unspecified atom stereocenters. The van der Waals surface area contributed by atoms with Crippen LogP contribution in [0.25, 0.3) is 0 Å². The van der Waals surface area contributed by atoms with Crippen LogP contribution in [0.2, 0.25) is 0 Å². The molecule has 1 saturated heterocycles. The number of H-pyrrole nitrogens is 1. The summed E-state index contributed by atoms with van der Waals surface area (Å²) in [5.41, 5.74) is -4.60. The molecule has 2 aromatic rings. The molecule has 0 aliphatic carbocycles. The van der Waals surface area contributed by atoms with Gasteiger partial charge in [0.15, 0.2) is 6.23 Å². The number of nitrogens with one attached hydrogen (secondary N) is 2. The minimum Gasteiger partial charge on any atom is -0.468 e. The first-order valence-corrected chi connectivity index (χ1v) is 12.7. The molecule has 0 saturated carbocycles. The molecule has 1 aliphatic heterocycles. The lowest BCUT2D eigenvalue weighted by molar-refractivity contribution is -0.142. The first-order valence-electron chi connectivity index (χ1n) is 10.8. The summed E-state index contributed by atoms with van der Waals surface area (Å²) < 4.78 is 51.2. The zero-order valence-electron chi connectivity index (χ0n) is 19.8. The second kappa shape index (κ2) is 11.6. The summed E-state index contributed by atoms with van der Waals surface area (Å²) in [6.45, 7) is 1.98. The molecule has 200 valence electrons. The van der Waals surface area contributed by atoms with E-state index in [1.807, 2.05) is 16.3 Å². The van der Waals surface area contributed by atoms with Crippen molar-refractivity contribution in [2.24, 2.45) is 0 Å². The third-order valence-corrected chi connectivity index (χ3v) is 7.11. The summed E-state index contributed by atoms with van der Waals surface area (Å²) in [7, 11) is -3.23. The first-order chi connectivity index (χ1) is 17.4. The Morgan fingerprint density at radius 3 is 2.70 bits per heavy atom. The standard InChI is InChI=1S/C22H24ClFN3O9P/c1-13-11-27(21(31)25-18(13)29)20-22(24,9-10-23)17(28)16(35-20)12-34-37(32,26-14(2)19(30)33-3)36-15-7-5-4-6-8-15/h4-8,11,14,16-17,20,28H,12H2,1-3H3,(H,26,32)(H,25,29,31)/t14-,16+,17+,20+,22+,37?/m0/s1. The van der Waals surface area contributed by atoms with Gasteiger partial charge in [0.2, 0.25) is 5.67 Å². The van der Waals surface area contributed by atoms with E-state index in [9.17, 15) is 24.1 Å². The number of ether oxygens (including phenoxy) is 2. The van der Waals surface area contributed by atoms with E-state index in [-0.39, 0.29) is 11.3 Å². The molecule has 1 aromatic carbocycles. The van der Waals surface area contributed by atoms with Crippen LogP contribution in [0, 0.1) is 18.2 Å². The maximum atomic E-state index is 15.9. The molecule has 1 aliphatic rings. The van der Waals surface area contributed by atoms with E-state index in [1.54, 1.807) is 18.2 Å². The molecule has 2 heterocycles. The third-order valence-electron chi connectivity index (χ3n) is 5.37. The smallest absolute Gasteiger partial charge is 0.459 e. The molecule has 3 rings (SSSR count). The molecular weight excluding hydrogens is 536 g/mol. The molecule has 0 bridgehead atoms. The van der Waals surface area contributed by atoms with Gasteiger partial charge in [-0.3, -0.25) is 23.7 Å². The van der Waals surface area contributed by atoms with Crippen LogP contribution in [0.5, 0.6) is 5.75 Å².